The number of nitrogen functional groups attached to an aromatic ring is 1. The van der Waals surface area contributed by atoms with Gasteiger partial charge >= 0.3 is 0 Å². The molecule has 1 heterocycles. The number of carbonyl (C=O) groups excluding carboxylic acids is 1. The summed E-state index contributed by atoms with van der Waals surface area (Å²) < 4.78 is 1.61. The Balaban J connectivity index is 2.63. The predicted octanol–water partition coefficient (Wildman–Crippen LogP) is 1.64. The minimum absolute atomic E-state index is 0.0200. The van der Waals surface area contributed by atoms with Gasteiger partial charge in [-0.3, -0.25) is 9.48 Å². The van der Waals surface area contributed by atoms with Crippen LogP contribution in [0.4, 0.5) is 5.82 Å². The van der Waals surface area contributed by atoms with Gasteiger partial charge in [-0.05, 0) is 27.2 Å². The molecule has 0 aliphatic heterocycles. The Hall–Kier alpha value is -1.52. The van der Waals surface area contributed by atoms with Crippen LogP contribution in [0.25, 0.3) is 0 Å². The van der Waals surface area contributed by atoms with Crippen LogP contribution in [0.3, 0.4) is 0 Å². The molecule has 0 spiro atoms. The lowest BCUT2D eigenvalue weighted by Gasteiger charge is -2.17. The molecule has 3 N–H and O–H groups in total. The zero-order chi connectivity index (χ0) is 13.0. The van der Waals surface area contributed by atoms with Crippen LogP contribution in [0.15, 0.2) is 6.20 Å². The Morgan fingerprint density at radius 1 is 1.59 bits per heavy atom. The standard InChI is InChI=1S/C12H22N4O/c1-5-6-9(3)14-12(17)10(4)16-7-8(2)11(13)15-16/h7,9-10H,5-6H2,1-4H3,(H2,13,15)(H,14,17). The van der Waals surface area contributed by atoms with Crippen molar-refractivity contribution in [2.45, 2.75) is 52.6 Å². The first-order chi connectivity index (χ1) is 7.95. The molecule has 0 aromatic carbocycles. The number of nitrogens with two attached hydrogens (primary N) is 1. The van der Waals surface area contributed by atoms with Gasteiger partial charge in [0.05, 0.1) is 0 Å². The van der Waals surface area contributed by atoms with Crippen molar-refractivity contribution in [2.75, 3.05) is 5.73 Å². The second-order valence-electron chi connectivity index (χ2n) is 4.55. The summed E-state index contributed by atoms with van der Waals surface area (Å²) >= 11 is 0. The minimum Gasteiger partial charge on any atom is -0.382 e. The summed E-state index contributed by atoms with van der Waals surface area (Å²) in [6, 6.07) is -0.130. The second-order valence-corrected chi connectivity index (χ2v) is 4.55. The number of nitrogens with one attached hydrogen (secondary N) is 1. The molecule has 0 aliphatic rings. The third kappa shape index (κ3) is 3.47. The number of rotatable bonds is 5. The van der Waals surface area contributed by atoms with Crippen LogP contribution in [0.1, 0.15) is 45.2 Å². The zero-order valence-electron chi connectivity index (χ0n) is 11.0. The summed E-state index contributed by atoms with van der Waals surface area (Å²) in [5.74, 6) is 0.458. The van der Waals surface area contributed by atoms with Gasteiger partial charge in [-0.25, -0.2) is 0 Å². The summed E-state index contributed by atoms with van der Waals surface area (Å²) in [5, 5.41) is 7.09. The van der Waals surface area contributed by atoms with E-state index < -0.39 is 0 Å². The van der Waals surface area contributed by atoms with E-state index in [-0.39, 0.29) is 18.0 Å². The molecule has 1 aromatic heterocycles. The van der Waals surface area contributed by atoms with Gasteiger partial charge in [-0.2, -0.15) is 5.10 Å². The monoisotopic (exact) mass is 238 g/mol. The van der Waals surface area contributed by atoms with E-state index in [1.165, 1.54) is 0 Å². The van der Waals surface area contributed by atoms with Crippen LogP contribution >= 0.6 is 0 Å². The van der Waals surface area contributed by atoms with E-state index in [1.807, 2.05) is 20.8 Å². The van der Waals surface area contributed by atoms with E-state index in [9.17, 15) is 4.79 Å². The van der Waals surface area contributed by atoms with Gasteiger partial charge in [-0.1, -0.05) is 13.3 Å². The lowest BCUT2D eigenvalue weighted by Crippen LogP contribution is -2.37. The predicted molar refractivity (Wildman–Crippen MR) is 68.6 cm³/mol. The Kier molecular flexibility index (Phi) is 4.54. The average molecular weight is 238 g/mol. The van der Waals surface area contributed by atoms with E-state index in [0.29, 0.717) is 5.82 Å². The number of nitrogens with zero attached hydrogens (tertiary/aromatic N) is 2. The lowest BCUT2D eigenvalue weighted by molar-refractivity contribution is -0.124. The molecule has 17 heavy (non-hydrogen) atoms. The molecule has 0 radical (unpaired) electrons. The van der Waals surface area contributed by atoms with Gasteiger partial charge in [0.1, 0.15) is 11.9 Å². The first kappa shape index (κ1) is 13.5. The highest BCUT2D eigenvalue weighted by atomic mass is 16.2. The van der Waals surface area contributed by atoms with E-state index in [4.69, 9.17) is 5.73 Å². The molecular formula is C12H22N4O. The topological polar surface area (TPSA) is 72.9 Å². The fourth-order valence-electron chi connectivity index (χ4n) is 1.68. The average Bonchev–Trinajstić information content (AvgIpc) is 2.58. The molecule has 0 saturated heterocycles. The van der Waals surface area contributed by atoms with Gasteiger partial charge in [0.2, 0.25) is 5.91 Å². The molecule has 2 unspecified atom stereocenters. The Labute approximate surface area is 102 Å². The minimum atomic E-state index is -0.328. The van der Waals surface area contributed by atoms with Gasteiger partial charge in [0.15, 0.2) is 0 Å². The van der Waals surface area contributed by atoms with Gasteiger partial charge in [0.25, 0.3) is 0 Å². The number of hydrogen-bond donors (Lipinski definition) is 2. The Morgan fingerprint density at radius 3 is 2.71 bits per heavy atom. The van der Waals surface area contributed by atoms with Crippen LogP contribution in [0.2, 0.25) is 0 Å². The number of carbonyl (C=O) groups is 1. The van der Waals surface area contributed by atoms with E-state index >= 15 is 0 Å². The van der Waals surface area contributed by atoms with Crippen molar-refractivity contribution in [2.24, 2.45) is 0 Å². The van der Waals surface area contributed by atoms with Crippen molar-refractivity contribution in [3.63, 3.8) is 0 Å². The number of aromatic nitrogens is 2. The number of anilines is 1. The number of aryl methyl sites for hydroxylation is 1. The van der Waals surface area contributed by atoms with Crippen molar-refractivity contribution in [3.8, 4) is 0 Å². The van der Waals surface area contributed by atoms with Crippen LogP contribution in [-0.4, -0.2) is 21.7 Å². The van der Waals surface area contributed by atoms with Crippen molar-refractivity contribution in [1.29, 1.82) is 0 Å². The largest absolute Gasteiger partial charge is 0.382 e. The summed E-state index contributed by atoms with van der Waals surface area (Å²) in [6.07, 6.45) is 3.84. The molecule has 96 valence electrons. The summed E-state index contributed by atoms with van der Waals surface area (Å²) in [7, 11) is 0. The Bertz CT molecular complexity index is 366. The third-order valence-electron chi connectivity index (χ3n) is 2.84. The van der Waals surface area contributed by atoms with Crippen LogP contribution in [0.5, 0.6) is 0 Å². The molecule has 0 bridgehead atoms. The molecule has 1 rings (SSSR count). The van der Waals surface area contributed by atoms with Crippen molar-refractivity contribution in [1.82, 2.24) is 15.1 Å². The highest BCUT2D eigenvalue weighted by molar-refractivity contribution is 5.80. The maximum Gasteiger partial charge on any atom is 0.244 e. The van der Waals surface area contributed by atoms with Gasteiger partial charge < -0.3 is 11.1 Å². The molecule has 0 aliphatic carbocycles. The van der Waals surface area contributed by atoms with E-state index in [2.05, 4.69) is 17.3 Å². The molecular weight excluding hydrogens is 216 g/mol. The third-order valence-corrected chi connectivity index (χ3v) is 2.84. The smallest absolute Gasteiger partial charge is 0.244 e. The molecule has 1 aromatic rings. The normalized spacial score (nSPS) is 14.4. The van der Waals surface area contributed by atoms with Crippen molar-refractivity contribution in [3.05, 3.63) is 11.8 Å². The Morgan fingerprint density at radius 2 is 2.24 bits per heavy atom. The van der Waals surface area contributed by atoms with E-state index in [1.54, 1.807) is 10.9 Å². The van der Waals surface area contributed by atoms with E-state index in [0.717, 1.165) is 18.4 Å². The quantitative estimate of drug-likeness (QED) is 0.819. The first-order valence-corrected chi connectivity index (χ1v) is 6.07. The first-order valence-electron chi connectivity index (χ1n) is 6.07. The van der Waals surface area contributed by atoms with Crippen LogP contribution < -0.4 is 11.1 Å². The maximum atomic E-state index is 11.9. The summed E-state index contributed by atoms with van der Waals surface area (Å²) in [6.45, 7) is 7.81. The molecule has 1 amide bonds. The molecule has 5 heteroatoms. The number of amides is 1. The summed E-state index contributed by atoms with van der Waals surface area (Å²) in [5.41, 5.74) is 6.56. The fraction of sp³-hybridized carbons (Fsp3) is 0.667. The van der Waals surface area contributed by atoms with Gasteiger partial charge in [0, 0.05) is 17.8 Å². The zero-order valence-corrected chi connectivity index (χ0v) is 11.0. The summed E-state index contributed by atoms with van der Waals surface area (Å²) in [4.78, 5) is 11.9. The number of hydrogen-bond acceptors (Lipinski definition) is 3. The maximum absolute atomic E-state index is 11.9. The fourth-order valence-corrected chi connectivity index (χ4v) is 1.68. The highest BCUT2D eigenvalue weighted by Crippen LogP contribution is 2.12. The highest BCUT2D eigenvalue weighted by Gasteiger charge is 2.18. The van der Waals surface area contributed by atoms with Gasteiger partial charge in [-0.15, -0.1) is 0 Å². The molecule has 2 atom stereocenters. The lowest BCUT2D eigenvalue weighted by atomic mass is 10.2. The van der Waals surface area contributed by atoms with Crippen LogP contribution in [0, 0.1) is 6.92 Å². The molecule has 5 nitrogen and oxygen atoms in total. The van der Waals surface area contributed by atoms with Crippen molar-refractivity contribution < 1.29 is 4.79 Å². The SMILES string of the molecule is CCCC(C)NC(=O)C(C)n1cc(C)c(N)n1. The molecule has 0 fully saturated rings. The molecule has 0 saturated carbocycles. The van der Waals surface area contributed by atoms with Crippen molar-refractivity contribution >= 4 is 11.7 Å². The van der Waals surface area contributed by atoms with Crippen LogP contribution in [-0.2, 0) is 4.79 Å². The second kappa shape index (κ2) is 5.70.